The molecule has 9 nitrogen and oxygen atoms in total. The number of hydrogen-bond donors (Lipinski definition) is 3. The van der Waals surface area contributed by atoms with Crippen LogP contribution >= 0.6 is 15.9 Å². The average Bonchev–Trinajstić information content (AvgIpc) is 3.21. The zero-order valence-electron chi connectivity index (χ0n) is 18.7. The molecular weight excluding hydrogens is 556 g/mol. The summed E-state index contributed by atoms with van der Waals surface area (Å²) in [5.41, 5.74) is 2.91. The van der Waals surface area contributed by atoms with E-state index >= 15 is 0 Å². The van der Waals surface area contributed by atoms with Crippen molar-refractivity contribution in [3.8, 4) is 0 Å². The lowest BCUT2D eigenvalue weighted by molar-refractivity contribution is -0.306. The maximum Gasteiger partial charge on any atom is 0.490 e. The molecule has 0 unspecified atom stereocenters. The number of carboxylic acids is 1. The molecule has 2 aliphatic heterocycles. The SMILES string of the molecule is O=C(O)C(F)(F)F.ON1ON(c2ccc(F)c(Br)c2)C=C1NCc1ccc(CN2CCOCC2)cc1. The maximum absolute atomic E-state index is 13.4. The molecule has 2 aliphatic rings. The Balaban J connectivity index is 0.000000454. The number of aliphatic carboxylic acids is 1. The van der Waals surface area contributed by atoms with Crippen LogP contribution < -0.4 is 10.4 Å². The molecule has 0 spiro atoms. The molecule has 0 saturated carbocycles. The predicted molar refractivity (Wildman–Crippen MR) is 122 cm³/mol. The van der Waals surface area contributed by atoms with E-state index in [1.54, 1.807) is 18.3 Å². The highest BCUT2D eigenvalue weighted by atomic mass is 79.9. The zero-order valence-corrected chi connectivity index (χ0v) is 20.3. The number of nitrogens with one attached hydrogen (secondary N) is 1. The van der Waals surface area contributed by atoms with Gasteiger partial charge in [0.1, 0.15) is 5.82 Å². The van der Waals surface area contributed by atoms with Crippen molar-refractivity contribution in [2.75, 3.05) is 31.4 Å². The first-order valence-corrected chi connectivity index (χ1v) is 11.4. The predicted octanol–water partition coefficient (Wildman–Crippen LogP) is 4.00. The maximum atomic E-state index is 13.4. The third kappa shape index (κ3) is 8.06. The monoisotopic (exact) mass is 578 g/mol. The smallest absolute Gasteiger partial charge is 0.475 e. The van der Waals surface area contributed by atoms with Gasteiger partial charge >= 0.3 is 12.1 Å². The fourth-order valence-corrected chi connectivity index (χ4v) is 3.51. The molecule has 4 rings (SSSR count). The summed E-state index contributed by atoms with van der Waals surface area (Å²) in [5, 5.41) is 22.2. The molecule has 2 heterocycles. The van der Waals surface area contributed by atoms with Crippen LogP contribution in [0.3, 0.4) is 0 Å². The Kier molecular flexibility index (Phi) is 9.50. The van der Waals surface area contributed by atoms with E-state index in [9.17, 15) is 22.8 Å². The van der Waals surface area contributed by atoms with Gasteiger partial charge in [-0.15, -0.1) is 4.94 Å². The van der Waals surface area contributed by atoms with Gasteiger partial charge in [0.15, 0.2) is 5.82 Å². The summed E-state index contributed by atoms with van der Waals surface area (Å²) in [4.78, 5) is 16.5. The number of morpholine rings is 1. The van der Waals surface area contributed by atoms with Gasteiger partial charge in [-0.3, -0.25) is 10.1 Å². The average molecular weight is 579 g/mol. The zero-order chi connectivity index (χ0) is 26.3. The van der Waals surface area contributed by atoms with E-state index in [-0.39, 0.29) is 5.82 Å². The van der Waals surface area contributed by atoms with Crippen molar-refractivity contribution in [2.45, 2.75) is 19.3 Å². The van der Waals surface area contributed by atoms with Crippen molar-refractivity contribution in [1.29, 1.82) is 0 Å². The quantitative estimate of drug-likeness (QED) is 0.439. The van der Waals surface area contributed by atoms with Gasteiger partial charge < -0.3 is 15.2 Å². The van der Waals surface area contributed by atoms with Gasteiger partial charge in [-0.25, -0.2) is 9.18 Å². The summed E-state index contributed by atoms with van der Waals surface area (Å²) in [7, 11) is 0. The highest BCUT2D eigenvalue weighted by molar-refractivity contribution is 9.10. The number of carboxylic acid groups (broad SMARTS) is 1. The first-order chi connectivity index (χ1) is 17.0. The topological polar surface area (TPSA) is 97.7 Å². The summed E-state index contributed by atoms with van der Waals surface area (Å²) in [6, 6.07) is 12.8. The number of anilines is 1. The van der Waals surface area contributed by atoms with Crippen molar-refractivity contribution in [1.82, 2.24) is 15.4 Å². The normalized spacial score (nSPS) is 16.3. The van der Waals surface area contributed by atoms with Crippen LogP contribution in [0.25, 0.3) is 0 Å². The van der Waals surface area contributed by atoms with Gasteiger partial charge in [0.05, 0.1) is 29.6 Å². The lowest BCUT2D eigenvalue weighted by Crippen LogP contribution is -2.35. The van der Waals surface area contributed by atoms with Crippen LogP contribution in [0.2, 0.25) is 0 Å². The number of hydroxylamine groups is 3. The van der Waals surface area contributed by atoms with Crippen LogP contribution in [0.1, 0.15) is 11.1 Å². The number of halogens is 5. The van der Waals surface area contributed by atoms with E-state index in [1.165, 1.54) is 16.7 Å². The summed E-state index contributed by atoms with van der Waals surface area (Å²) >= 11 is 3.14. The van der Waals surface area contributed by atoms with Crippen LogP contribution in [-0.2, 0) is 27.6 Å². The molecule has 14 heteroatoms. The summed E-state index contributed by atoms with van der Waals surface area (Å²) in [5.74, 6) is -2.75. The third-order valence-electron chi connectivity index (χ3n) is 5.02. The number of benzene rings is 2. The molecule has 36 heavy (non-hydrogen) atoms. The van der Waals surface area contributed by atoms with Crippen LogP contribution in [-0.4, -0.2) is 58.9 Å². The van der Waals surface area contributed by atoms with E-state index in [2.05, 4.69) is 50.4 Å². The van der Waals surface area contributed by atoms with E-state index in [4.69, 9.17) is 19.6 Å². The van der Waals surface area contributed by atoms with E-state index in [0.717, 1.165) is 38.4 Å². The summed E-state index contributed by atoms with van der Waals surface area (Å²) < 4.78 is 50.8. The molecule has 1 fully saturated rings. The van der Waals surface area contributed by atoms with Crippen molar-refractivity contribution >= 4 is 27.6 Å². The molecule has 0 amide bonds. The Morgan fingerprint density at radius 3 is 2.28 bits per heavy atom. The van der Waals surface area contributed by atoms with E-state index in [0.29, 0.717) is 27.8 Å². The summed E-state index contributed by atoms with van der Waals surface area (Å²) in [6.45, 7) is 4.95. The van der Waals surface area contributed by atoms with Crippen LogP contribution in [0.4, 0.5) is 23.2 Å². The van der Waals surface area contributed by atoms with E-state index in [1.807, 2.05) is 0 Å². The minimum absolute atomic E-state index is 0.315. The molecular formula is C22H23BrF4N4O5. The Bertz CT molecular complexity index is 1070. The number of ether oxygens (including phenoxy) is 1. The van der Waals surface area contributed by atoms with Crippen molar-refractivity contribution in [3.05, 3.63) is 75.9 Å². The van der Waals surface area contributed by atoms with Crippen LogP contribution in [0.5, 0.6) is 0 Å². The number of hydrogen-bond acceptors (Lipinski definition) is 8. The van der Waals surface area contributed by atoms with Gasteiger partial charge in [0.25, 0.3) is 0 Å². The number of rotatable bonds is 6. The van der Waals surface area contributed by atoms with Gasteiger partial charge in [0.2, 0.25) is 0 Å². The molecule has 0 aliphatic carbocycles. The van der Waals surface area contributed by atoms with Gasteiger partial charge in [-0.05, 0) is 45.3 Å². The number of alkyl halides is 3. The lowest BCUT2D eigenvalue weighted by atomic mass is 10.1. The molecule has 0 atom stereocenters. The molecule has 0 radical (unpaired) electrons. The highest BCUT2D eigenvalue weighted by Gasteiger charge is 2.38. The molecule has 3 N–H and O–H groups in total. The number of nitrogens with zero attached hydrogens (tertiary/aromatic N) is 3. The number of carbonyl (C=O) groups is 1. The first kappa shape index (κ1) is 27.7. The Hall–Kier alpha value is -2.91. The second kappa shape index (κ2) is 12.4. The van der Waals surface area contributed by atoms with E-state index < -0.39 is 12.1 Å². The molecule has 196 valence electrons. The lowest BCUT2D eigenvalue weighted by Gasteiger charge is -2.26. The second-order valence-corrected chi connectivity index (χ2v) is 8.51. The van der Waals surface area contributed by atoms with Crippen LogP contribution in [0.15, 0.2) is 59.0 Å². The van der Waals surface area contributed by atoms with Gasteiger partial charge in [-0.1, -0.05) is 29.5 Å². The molecule has 0 aromatic heterocycles. The van der Waals surface area contributed by atoms with Gasteiger partial charge in [0, 0.05) is 26.2 Å². The molecule has 2 aromatic carbocycles. The van der Waals surface area contributed by atoms with Crippen LogP contribution in [0, 0.1) is 5.82 Å². The largest absolute Gasteiger partial charge is 0.490 e. The van der Waals surface area contributed by atoms with Gasteiger partial charge in [-0.2, -0.15) is 18.2 Å². The molecule has 2 aromatic rings. The third-order valence-corrected chi connectivity index (χ3v) is 5.63. The molecule has 1 saturated heterocycles. The standard InChI is InChI=1S/C20H22BrFN4O3.C2HF3O2/c21-18-11-17(5-6-19(18)22)25-14-20(26(27)29-25)23-12-15-1-3-16(4-2-15)13-24-7-9-28-10-8-24;3-2(4,5)1(6)7/h1-6,11,14,23,27H,7-10,12-13H2;(H,6,7). The van der Waals surface area contributed by atoms with Crippen molar-refractivity contribution in [2.24, 2.45) is 0 Å². The second-order valence-electron chi connectivity index (χ2n) is 7.65. The van der Waals surface area contributed by atoms with Crippen molar-refractivity contribution < 1.29 is 42.3 Å². The minimum atomic E-state index is -5.08. The fraction of sp³-hybridized carbons (Fsp3) is 0.318. The summed E-state index contributed by atoms with van der Waals surface area (Å²) in [6.07, 6.45) is -3.49. The Morgan fingerprint density at radius 2 is 1.69 bits per heavy atom. The molecule has 0 bridgehead atoms. The Morgan fingerprint density at radius 1 is 1.08 bits per heavy atom. The Labute approximate surface area is 212 Å². The fourth-order valence-electron chi connectivity index (χ4n) is 3.14. The highest BCUT2D eigenvalue weighted by Crippen LogP contribution is 2.27. The van der Waals surface area contributed by atoms with Crippen molar-refractivity contribution in [3.63, 3.8) is 0 Å². The first-order valence-electron chi connectivity index (χ1n) is 10.6. The minimum Gasteiger partial charge on any atom is -0.475 e.